The van der Waals surface area contributed by atoms with Gasteiger partial charge in [0, 0.05) is 11.1 Å². The predicted molar refractivity (Wildman–Crippen MR) is 106 cm³/mol. The number of aromatic hydroxyl groups is 1. The van der Waals surface area contributed by atoms with Crippen LogP contribution in [0.4, 0.5) is 0 Å². The van der Waals surface area contributed by atoms with Gasteiger partial charge in [0.05, 0.1) is 19.9 Å². The molecule has 0 unspecified atom stereocenters. The number of nitrogens with one attached hydrogen (secondary N) is 1. The number of hydrazone groups is 1. The molecule has 0 aromatic heterocycles. The Morgan fingerprint density at radius 2 is 1.93 bits per heavy atom. The van der Waals surface area contributed by atoms with Gasteiger partial charge in [0.25, 0.3) is 5.91 Å². The normalized spacial score (nSPS) is 10.7. The number of phenols is 1. The largest absolute Gasteiger partial charge is 0.504 e. The van der Waals surface area contributed by atoms with Gasteiger partial charge in [-0.1, -0.05) is 32.3 Å². The zero-order chi connectivity index (χ0) is 19.5. The molecule has 0 aliphatic heterocycles. The summed E-state index contributed by atoms with van der Waals surface area (Å²) in [6.07, 6.45) is 5.98. The first kappa shape index (κ1) is 20.3. The van der Waals surface area contributed by atoms with Gasteiger partial charge >= 0.3 is 0 Å². The van der Waals surface area contributed by atoms with E-state index in [4.69, 9.17) is 9.47 Å². The van der Waals surface area contributed by atoms with Crippen molar-refractivity contribution in [1.29, 1.82) is 0 Å². The van der Waals surface area contributed by atoms with Gasteiger partial charge in [-0.3, -0.25) is 4.79 Å². The van der Waals surface area contributed by atoms with Crippen LogP contribution in [0.15, 0.2) is 47.6 Å². The van der Waals surface area contributed by atoms with Crippen LogP contribution in [0.25, 0.3) is 0 Å². The Hall–Kier alpha value is -3.02. The highest BCUT2D eigenvalue weighted by atomic mass is 16.5. The molecule has 2 rings (SSSR count). The van der Waals surface area contributed by atoms with Gasteiger partial charge in [0.2, 0.25) is 0 Å². The minimum Gasteiger partial charge on any atom is -0.504 e. The third-order valence-corrected chi connectivity index (χ3v) is 4.00. The molecule has 0 bridgehead atoms. The molecule has 1 amide bonds. The molecule has 0 fully saturated rings. The zero-order valence-electron chi connectivity index (χ0n) is 15.8. The van der Waals surface area contributed by atoms with E-state index in [1.807, 2.05) is 0 Å². The number of nitrogens with zero attached hydrogens (tertiary/aromatic N) is 1. The highest BCUT2D eigenvalue weighted by Crippen LogP contribution is 2.27. The van der Waals surface area contributed by atoms with Crippen molar-refractivity contribution >= 4 is 12.1 Å². The Morgan fingerprint density at radius 1 is 1.15 bits per heavy atom. The second-order valence-corrected chi connectivity index (χ2v) is 6.03. The lowest BCUT2D eigenvalue weighted by molar-refractivity contribution is 0.0955. The fourth-order valence-corrected chi connectivity index (χ4v) is 2.45. The van der Waals surface area contributed by atoms with Crippen molar-refractivity contribution in [3.8, 4) is 17.2 Å². The molecular formula is C21H26N2O4. The van der Waals surface area contributed by atoms with Crippen LogP contribution in [0.1, 0.15) is 48.5 Å². The van der Waals surface area contributed by atoms with Crippen molar-refractivity contribution in [2.45, 2.75) is 32.6 Å². The van der Waals surface area contributed by atoms with E-state index in [-0.39, 0.29) is 11.7 Å². The lowest BCUT2D eigenvalue weighted by Gasteiger charge is -2.07. The summed E-state index contributed by atoms with van der Waals surface area (Å²) in [5.41, 5.74) is 3.35. The summed E-state index contributed by atoms with van der Waals surface area (Å²) < 4.78 is 10.7. The maximum Gasteiger partial charge on any atom is 0.271 e. The number of benzene rings is 2. The first-order valence-corrected chi connectivity index (χ1v) is 9.08. The number of phenolic OH excluding ortho intramolecular Hbond substituents is 1. The van der Waals surface area contributed by atoms with Gasteiger partial charge in [-0.25, -0.2) is 5.43 Å². The van der Waals surface area contributed by atoms with Gasteiger partial charge in [0.15, 0.2) is 11.5 Å². The average Bonchev–Trinajstić information content (AvgIpc) is 2.69. The number of rotatable bonds is 10. The monoisotopic (exact) mass is 370 g/mol. The lowest BCUT2D eigenvalue weighted by Crippen LogP contribution is -2.17. The molecule has 6 heteroatoms. The Morgan fingerprint density at radius 3 is 2.63 bits per heavy atom. The minimum atomic E-state index is -0.344. The second kappa shape index (κ2) is 10.9. The van der Waals surface area contributed by atoms with Crippen LogP contribution in [0.3, 0.4) is 0 Å². The summed E-state index contributed by atoms with van der Waals surface area (Å²) in [6, 6.07) is 11.9. The number of carbonyl (C=O) groups is 1. The molecule has 2 aromatic rings. The van der Waals surface area contributed by atoms with Crippen LogP contribution >= 0.6 is 0 Å². The van der Waals surface area contributed by atoms with Gasteiger partial charge in [-0.15, -0.1) is 0 Å². The Bertz CT molecular complexity index is 757. The highest BCUT2D eigenvalue weighted by Gasteiger charge is 2.06. The Labute approximate surface area is 159 Å². The predicted octanol–water partition coefficient (Wildman–Crippen LogP) is 4.12. The SMILES string of the molecule is CCCCCCOc1ccc(C(=O)N/N=C/c2cccc(OC)c2O)cc1. The van der Waals surface area contributed by atoms with Crippen molar-refractivity contribution < 1.29 is 19.4 Å². The van der Waals surface area contributed by atoms with E-state index in [1.54, 1.807) is 42.5 Å². The number of methoxy groups -OCH3 is 1. The molecule has 144 valence electrons. The Balaban J connectivity index is 1.85. The van der Waals surface area contributed by atoms with E-state index >= 15 is 0 Å². The van der Waals surface area contributed by atoms with E-state index in [9.17, 15) is 9.90 Å². The maximum atomic E-state index is 12.1. The van der Waals surface area contributed by atoms with Crippen LogP contribution in [-0.4, -0.2) is 30.9 Å². The number of amides is 1. The number of hydrogen-bond acceptors (Lipinski definition) is 5. The molecule has 0 saturated heterocycles. The van der Waals surface area contributed by atoms with Crippen LogP contribution < -0.4 is 14.9 Å². The first-order valence-electron chi connectivity index (χ1n) is 9.08. The summed E-state index contributed by atoms with van der Waals surface area (Å²) in [4.78, 5) is 12.1. The second-order valence-electron chi connectivity index (χ2n) is 6.03. The molecule has 0 radical (unpaired) electrons. The van der Waals surface area contributed by atoms with Gasteiger partial charge < -0.3 is 14.6 Å². The van der Waals surface area contributed by atoms with Gasteiger partial charge in [-0.05, 0) is 42.8 Å². The van der Waals surface area contributed by atoms with Gasteiger partial charge in [0.1, 0.15) is 5.75 Å². The van der Waals surface area contributed by atoms with Crippen LogP contribution in [0.5, 0.6) is 17.2 Å². The van der Waals surface area contributed by atoms with E-state index in [0.29, 0.717) is 23.5 Å². The van der Waals surface area contributed by atoms with E-state index in [1.165, 1.54) is 26.2 Å². The van der Waals surface area contributed by atoms with Crippen LogP contribution in [0, 0.1) is 0 Å². The topological polar surface area (TPSA) is 80.2 Å². The first-order chi connectivity index (χ1) is 13.2. The summed E-state index contributed by atoms with van der Waals surface area (Å²) >= 11 is 0. The zero-order valence-corrected chi connectivity index (χ0v) is 15.8. The number of ether oxygens (including phenoxy) is 2. The molecule has 0 spiro atoms. The summed E-state index contributed by atoms with van der Waals surface area (Å²) in [5, 5.41) is 13.9. The van der Waals surface area contributed by atoms with Crippen molar-refractivity contribution in [3.63, 3.8) is 0 Å². The highest BCUT2D eigenvalue weighted by molar-refractivity contribution is 5.95. The van der Waals surface area contributed by atoms with Gasteiger partial charge in [-0.2, -0.15) is 5.10 Å². The quantitative estimate of drug-likeness (QED) is 0.374. The molecule has 2 aromatic carbocycles. The number of hydrogen-bond donors (Lipinski definition) is 2. The third-order valence-electron chi connectivity index (χ3n) is 4.00. The van der Waals surface area contributed by atoms with E-state index in [2.05, 4.69) is 17.5 Å². The number of unbranched alkanes of at least 4 members (excludes halogenated alkanes) is 3. The molecule has 6 nitrogen and oxygen atoms in total. The van der Waals surface area contributed by atoms with Crippen molar-refractivity contribution in [1.82, 2.24) is 5.43 Å². The minimum absolute atomic E-state index is 0.0292. The molecule has 0 atom stereocenters. The van der Waals surface area contributed by atoms with E-state index in [0.717, 1.165) is 18.6 Å². The van der Waals surface area contributed by atoms with Crippen LogP contribution in [0.2, 0.25) is 0 Å². The van der Waals surface area contributed by atoms with Crippen molar-refractivity contribution in [3.05, 3.63) is 53.6 Å². The fourth-order valence-electron chi connectivity index (χ4n) is 2.45. The van der Waals surface area contributed by atoms with Crippen molar-refractivity contribution in [2.24, 2.45) is 5.10 Å². The smallest absolute Gasteiger partial charge is 0.271 e. The molecule has 0 aliphatic carbocycles. The number of para-hydroxylation sites is 1. The molecule has 0 aliphatic rings. The lowest BCUT2D eigenvalue weighted by atomic mass is 10.2. The standard InChI is InChI=1S/C21H26N2O4/c1-3-4-5-6-14-27-18-12-10-16(11-13-18)21(25)23-22-15-17-8-7-9-19(26-2)20(17)24/h7-13,15,24H,3-6,14H2,1-2H3,(H,23,25)/b22-15+. The summed E-state index contributed by atoms with van der Waals surface area (Å²) in [7, 11) is 1.47. The Kier molecular flexibility index (Phi) is 8.16. The third kappa shape index (κ3) is 6.33. The summed E-state index contributed by atoms with van der Waals surface area (Å²) in [5.74, 6) is 0.713. The number of carbonyl (C=O) groups excluding carboxylic acids is 1. The maximum absolute atomic E-state index is 12.1. The molecule has 2 N–H and O–H groups in total. The fraction of sp³-hybridized carbons (Fsp3) is 0.333. The summed E-state index contributed by atoms with van der Waals surface area (Å²) in [6.45, 7) is 2.86. The van der Waals surface area contributed by atoms with Crippen LogP contribution in [-0.2, 0) is 0 Å². The van der Waals surface area contributed by atoms with E-state index < -0.39 is 0 Å². The molecular weight excluding hydrogens is 344 g/mol. The average molecular weight is 370 g/mol. The molecule has 27 heavy (non-hydrogen) atoms. The molecule has 0 saturated carbocycles. The molecule has 0 heterocycles. The van der Waals surface area contributed by atoms with Crippen molar-refractivity contribution in [2.75, 3.05) is 13.7 Å².